The van der Waals surface area contributed by atoms with Crippen LogP contribution in [0, 0.1) is 0 Å². The van der Waals surface area contributed by atoms with Gasteiger partial charge >= 0.3 is 7.12 Å². The van der Waals surface area contributed by atoms with Crippen LogP contribution < -0.4 is 10.8 Å². The van der Waals surface area contributed by atoms with Crippen LogP contribution in [-0.2, 0) is 14.8 Å². The van der Waals surface area contributed by atoms with Crippen LogP contribution in [-0.4, -0.2) is 29.2 Å². The highest BCUT2D eigenvalue weighted by Crippen LogP contribution is 2.44. The Kier molecular flexibility index (Phi) is 4.16. The Morgan fingerprint density at radius 3 is 2.33 bits per heavy atom. The molecule has 27 heavy (non-hydrogen) atoms. The van der Waals surface area contributed by atoms with Crippen LogP contribution in [0.4, 0.5) is 0 Å². The number of hydrogen-bond acceptors (Lipinski definition) is 4. The molecule has 1 aliphatic heterocycles. The number of aromatic nitrogens is 1. The molecule has 2 fully saturated rings. The fourth-order valence-electron chi connectivity index (χ4n) is 3.31. The lowest BCUT2D eigenvalue weighted by Gasteiger charge is -2.32. The second-order valence-electron chi connectivity index (χ2n) is 8.46. The number of pyridine rings is 1. The number of carbonyl (C=O) groups is 1. The summed E-state index contributed by atoms with van der Waals surface area (Å²) in [4.78, 5) is 17.3. The third-order valence-electron chi connectivity index (χ3n) is 5.93. The molecule has 0 unspecified atom stereocenters. The zero-order valence-electron chi connectivity index (χ0n) is 16.3. The molecule has 0 atom stereocenters. The average Bonchev–Trinajstić information content (AvgIpc) is 3.37. The fourth-order valence-corrected chi connectivity index (χ4v) is 3.31. The third kappa shape index (κ3) is 3.28. The number of carbonyl (C=O) groups excluding carboxylic acids is 1. The zero-order valence-corrected chi connectivity index (χ0v) is 16.3. The molecule has 2 heterocycles. The zero-order chi connectivity index (χ0) is 19.3. The Balaban J connectivity index is 1.53. The molecule has 0 radical (unpaired) electrons. The topological polar surface area (TPSA) is 60.5 Å². The Morgan fingerprint density at radius 2 is 1.74 bits per heavy atom. The SMILES string of the molecule is CC1(C)OB(c2cccc(C(=O)NC3(c4ccccn4)CC3)c2)OC1(C)C. The number of hydrogen-bond donors (Lipinski definition) is 1. The first-order chi connectivity index (χ1) is 12.7. The van der Waals surface area contributed by atoms with Gasteiger partial charge < -0.3 is 14.6 Å². The van der Waals surface area contributed by atoms with Gasteiger partial charge in [-0.2, -0.15) is 0 Å². The minimum atomic E-state index is -0.478. The summed E-state index contributed by atoms with van der Waals surface area (Å²) in [6.45, 7) is 8.08. The van der Waals surface area contributed by atoms with Gasteiger partial charge in [-0.25, -0.2) is 0 Å². The van der Waals surface area contributed by atoms with E-state index in [2.05, 4.69) is 10.3 Å². The molecule has 1 saturated heterocycles. The van der Waals surface area contributed by atoms with E-state index in [1.807, 2.05) is 70.2 Å². The first kappa shape index (κ1) is 18.2. The normalized spacial score (nSPS) is 21.7. The monoisotopic (exact) mass is 364 g/mol. The first-order valence-electron chi connectivity index (χ1n) is 9.42. The smallest absolute Gasteiger partial charge is 0.399 e. The molecule has 2 aliphatic rings. The Labute approximate surface area is 160 Å². The van der Waals surface area contributed by atoms with E-state index in [0.29, 0.717) is 5.56 Å². The van der Waals surface area contributed by atoms with Gasteiger partial charge in [0, 0.05) is 11.8 Å². The first-order valence-corrected chi connectivity index (χ1v) is 9.42. The van der Waals surface area contributed by atoms with Crippen LogP contribution in [0.2, 0.25) is 0 Å². The highest BCUT2D eigenvalue weighted by atomic mass is 16.7. The quantitative estimate of drug-likeness (QED) is 0.848. The molecule has 4 rings (SSSR count). The van der Waals surface area contributed by atoms with Crippen molar-refractivity contribution in [2.24, 2.45) is 0 Å². The maximum absolute atomic E-state index is 12.9. The molecule has 6 heteroatoms. The van der Waals surface area contributed by atoms with Gasteiger partial charge in [-0.1, -0.05) is 18.2 Å². The van der Waals surface area contributed by atoms with Crippen LogP contribution in [0.15, 0.2) is 48.7 Å². The van der Waals surface area contributed by atoms with Gasteiger partial charge in [0.1, 0.15) is 0 Å². The Hall–Kier alpha value is -2.18. The summed E-state index contributed by atoms with van der Waals surface area (Å²) in [6, 6.07) is 13.3. The third-order valence-corrected chi connectivity index (χ3v) is 5.93. The molecule has 140 valence electrons. The summed E-state index contributed by atoms with van der Waals surface area (Å²) in [5.41, 5.74) is 1.22. The summed E-state index contributed by atoms with van der Waals surface area (Å²) in [7, 11) is -0.478. The largest absolute Gasteiger partial charge is 0.494 e. The van der Waals surface area contributed by atoms with Gasteiger partial charge in [-0.3, -0.25) is 9.78 Å². The van der Waals surface area contributed by atoms with Gasteiger partial charge in [0.05, 0.1) is 22.4 Å². The van der Waals surface area contributed by atoms with Crippen molar-refractivity contribution in [2.45, 2.75) is 57.3 Å². The molecule has 2 aromatic rings. The minimum Gasteiger partial charge on any atom is -0.399 e. The van der Waals surface area contributed by atoms with Crippen molar-refractivity contribution in [3.8, 4) is 0 Å². The summed E-state index contributed by atoms with van der Waals surface area (Å²) in [5.74, 6) is -0.100. The van der Waals surface area contributed by atoms with E-state index in [4.69, 9.17) is 9.31 Å². The van der Waals surface area contributed by atoms with Crippen molar-refractivity contribution in [3.63, 3.8) is 0 Å². The van der Waals surface area contributed by atoms with Crippen molar-refractivity contribution in [3.05, 3.63) is 59.9 Å². The van der Waals surface area contributed by atoms with E-state index in [-0.39, 0.29) is 11.4 Å². The molecule has 1 aromatic heterocycles. The lowest BCUT2D eigenvalue weighted by molar-refractivity contribution is 0.00578. The minimum absolute atomic E-state index is 0.100. The highest BCUT2D eigenvalue weighted by molar-refractivity contribution is 6.62. The van der Waals surface area contributed by atoms with Crippen molar-refractivity contribution in [2.75, 3.05) is 0 Å². The summed E-state index contributed by atoms with van der Waals surface area (Å²) in [5, 5.41) is 3.17. The summed E-state index contributed by atoms with van der Waals surface area (Å²) < 4.78 is 12.2. The molecule has 1 aliphatic carbocycles. The van der Waals surface area contributed by atoms with Crippen molar-refractivity contribution in [1.29, 1.82) is 0 Å². The number of nitrogens with one attached hydrogen (secondary N) is 1. The summed E-state index contributed by atoms with van der Waals surface area (Å²) in [6.07, 6.45) is 3.58. The lowest BCUT2D eigenvalue weighted by Crippen LogP contribution is -2.41. The second kappa shape index (κ2) is 6.18. The maximum atomic E-state index is 12.9. The van der Waals surface area contributed by atoms with Crippen LogP contribution >= 0.6 is 0 Å². The number of benzene rings is 1. The number of nitrogens with zero attached hydrogens (tertiary/aromatic N) is 1. The van der Waals surface area contributed by atoms with E-state index in [1.54, 1.807) is 6.20 Å². The molecule has 5 nitrogen and oxygen atoms in total. The van der Waals surface area contributed by atoms with Crippen molar-refractivity contribution < 1.29 is 14.1 Å². The van der Waals surface area contributed by atoms with E-state index in [1.165, 1.54) is 0 Å². The molecule has 1 saturated carbocycles. The van der Waals surface area contributed by atoms with Crippen molar-refractivity contribution >= 4 is 18.5 Å². The number of rotatable bonds is 4. The van der Waals surface area contributed by atoms with Crippen LogP contribution in [0.3, 0.4) is 0 Å². The molecule has 0 spiro atoms. The van der Waals surface area contributed by atoms with E-state index in [9.17, 15) is 4.79 Å². The predicted octanol–water partition coefficient (Wildman–Crippen LogP) is 2.80. The molecular formula is C21H25BN2O3. The van der Waals surface area contributed by atoms with Crippen LogP contribution in [0.1, 0.15) is 56.6 Å². The van der Waals surface area contributed by atoms with E-state index >= 15 is 0 Å². The van der Waals surface area contributed by atoms with E-state index in [0.717, 1.165) is 24.0 Å². The molecule has 1 aromatic carbocycles. The van der Waals surface area contributed by atoms with Gasteiger partial charge in [-0.15, -0.1) is 0 Å². The lowest BCUT2D eigenvalue weighted by atomic mass is 9.78. The summed E-state index contributed by atoms with van der Waals surface area (Å²) >= 11 is 0. The van der Waals surface area contributed by atoms with Gasteiger partial charge in [0.25, 0.3) is 5.91 Å². The molecular weight excluding hydrogens is 339 g/mol. The van der Waals surface area contributed by atoms with Gasteiger partial charge in [-0.05, 0) is 70.3 Å². The van der Waals surface area contributed by atoms with Gasteiger partial charge in [0.2, 0.25) is 0 Å². The highest BCUT2D eigenvalue weighted by Gasteiger charge is 2.52. The predicted molar refractivity (Wildman–Crippen MR) is 105 cm³/mol. The maximum Gasteiger partial charge on any atom is 0.494 e. The van der Waals surface area contributed by atoms with Crippen LogP contribution in [0.5, 0.6) is 0 Å². The fraction of sp³-hybridized carbons (Fsp3) is 0.429. The molecule has 0 bridgehead atoms. The average molecular weight is 364 g/mol. The van der Waals surface area contributed by atoms with Crippen molar-refractivity contribution in [1.82, 2.24) is 10.3 Å². The Morgan fingerprint density at radius 1 is 1.04 bits per heavy atom. The number of amides is 1. The molecule has 1 amide bonds. The molecule has 1 N–H and O–H groups in total. The van der Waals surface area contributed by atoms with Gasteiger partial charge in [0.15, 0.2) is 0 Å². The standard InChI is InChI=1S/C21H25BN2O3/c1-19(2)20(3,4)27-22(26-19)16-9-7-8-15(14-16)18(25)24-21(11-12-21)17-10-5-6-13-23-17/h5-10,13-14H,11-12H2,1-4H3,(H,24,25). The Bertz CT molecular complexity index is 847. The van der Waals surface area contributed by atoms with E-state index < -0.39 is 18.3 Å². The van der Waals surface area contributed by atoms with Crippen LogP contribution in [0.25, 0.3) is 0 Å². The second-order valence-corrected chi connectivity index (χ2v) is 8.46.